The molecule has 2 rings (SSSR count). The van der Waals surface area contributed by atoms with E-state index < -0.39 is 10.0 Å². The van der Waals surface area contributed by atoms with Crippen LogP contribution in [0.25, 0.3) is 0 Å². The van der Waals surface area contributed by atoms with Crippen molar-refractivity contribution in [2.75, 3.05) is 20.3 Å². The van der Waals surface area contributed by atoms with Crippen LogP contribution < -0.4 is 4.74 Å². The second-order valence-corrected chi connectivity index (χ2v) is 7.82. The summed E-state index contributed by atoms with van der Waals surface area (Å²) in [6, 6.07) is 4.79. The van der Waals surface area contributed by atoms with E-state index in [0.717, 1.165) is 12.8 Å². The molecule has 118 valence electrons. The van der Waals surface area contributed by atoms with Gasteiger partial charge < -0.3 is 9.84 Å². The molecule has 1 saturated heterocycles. The monoisotopic (exact) mass is 377 g/mol. The number of sulfonamides is 1. The Hall–Kier alpha value is -0.630. The standard InChI is InChI=1S/C14H20BrNO4S/c1-20-14-7-6-12(10-13(14)15)21(18,19)16-8-2-4-11(16)5-3-9-17/h6-7,10-11,17H,2-5,8-9H2,1H3. The quantitative estimate of drug-likeness (QED) is 0.826. The Bertz CT molecular complexity index is 591. The van der Waals surface area contributed by atoms with Gasteiger partial charge in [-0.25, -0.2) is 8.42 Å². The third-order valence-electron chi connectivity index (χ3n) is 3.75. The molecule has 1 heterocycles. The highest BCUT2D eigenvalue weighted by Crippen LogP contribution is 2.32. The third kappa shape index (κ3) is 3.59. The van der Waals surface area contributed by atoms with Crippen molar-refractivity contribution in [1.29, 1.82) is 0 Å². The number of hydrogen-bond acceptors (Lipinski definition) is 4. The van der Waals surface area contributed by atoms with Gasteiger partial charge in [-0.2, -0.15) is 4.31 Å². The maximum atomic E-state index is 12.8. The van der Waals surface area contributed by atoms with Gasteiger partial charge in [-0.05, 0) is 59.8 Å². The Balaban J connectivity index is 2.26. The Kier molecular flexibility index (Phi) is 5.65. The second-order valence-electron chi connectivity index (χ2n) is 5.07. The average molecular weight is 378 g/mol. The maximum Gasteiger partial charge on any atom is 0.243 e. The summed E-state index contributed by atoms with van der Waals surface area (Å²) in [6.07, 6.45) is 3.05. The van der Waals surface area contributed by atoms with E-state index in [9.17, 15) is 8.42 Å². The zero-order valence-corrected chi connectivity index (χ0v) is 14.4. The maximum absolute atomic E-state index is 12.8. The van der Waals surface area contributed by atoms with E-state index in [0.29, 0.717) is 29.6 Å². The van der Waals surface area contributed by atoms with Crippen molar-refractivity contribution in [1.82, 2.24) is 4.31 Å². The molecule has 1 fully saturated rings. The highest BCUT2D eigenvalue weighted by molar-refractivity contribution is 9.10. The molecule has 0 aliphatic carbocycles. The number of nitrogens with zero attached hydrogens (tertiary/aromatic N) is 1. The van der Waals surface area contributed by atoms with Crippen molar-refractivity contribution in [3.63, 3.8) is 0 Å². The van der Waals surface area contributed by atoms with E-state index in [1.54, 1.807) is 29.6 Å². The normalized spacial score (nSPS) is 19.9. The Morgan fingerprint density at radius 1 is 1.48 bits per heavy atom. The minimum atomic E-state index is -3.50. The van der Waals surface area contributed by atoms with Crippen LogP contribution in [0.15, 0.2) is 27.6 Å². The summed E-state index contributed by atoms with van der Waals surface area (Å²) in [6.45, 7) is 0.639. The molecule has 1 atom stereocenters. The van der Waals surface area contributed by atoms with Crippen LogP contribution in [-0.2, 0) is 10.0 Å². The molecule has 0 amide bonds. The van der Waals surface area contributed by atoms with Gasteiger partial charge in [0.25, 0.3) is 0 Å². The zero-order valence-electron chi connectivity index (χ0n) is 12.0. The lowest BCUT2D eigenvalue weighted by Crippen LogP contribution is -2.35. The lowest BCUT2D eigenvalue weighted by Gasteiger charge is -2.24. The summed E-state index contributed by atoms with van der Waals surface area (Å²) in [7, 11) is -1.96. The second kappa shape index (κ2) is 7.09. The fourth-order valence-electron chi connectivity index (χ4n) is 2.68. The number of ether oxygens (including phenoxy) is 1. The summed E-state index contributed by atoms with van der Waals surface area (Å²) < 4.78 is 32.8. The molecule has 0 saturated carbocycles. The summed E-state index contributed by atoms with van der Waals surface area (Å²) in [5.41, 5.74) is 0. The molecule has 1 aliphatic heterocycles. The van der Waals surface area contributed by atoms with Gasteiger partial charge in [0.15, 0.2) is 0 Å². The Morgan fingerprint density at radius 3 is 2.86 bits per heavy atom. The summed E-state index contributed by atoms with van der Waals surface area (Å²) >= 11 is 3.32. The fraction of sp³-hybridized carbons (Fsp3) is 0.571. The van der Waals surface area contributed by atoms with Gasteiger partial charge in [-0.15, -0.1) is 0 Å². The van der Waals surface area contributed by atoms with Crippen LogP contribution in [0.3, 0.4) is 0 Å². The lowest BCUT2D eigenvalue weighted by atomic mass is 10.1. The zero-order chi connectivity index (χ0) is 15.5. The van der Waals surface area contributed by atoms with Gasteiger partial charge in [0, 0.05) is 19.2 Å². The van der Waals surface area contributed by atoms with Crippen molar-refractivity contribution >= 4 is 26.0 Å². The Labute approximate surface area is 134 Å². The topological polar surface area (TPSA) is 66.8 Å². The molecule has 21 heavy (non-hydrogen) atoms. The summed E-state index contributed by atoms with van der Waals surface area (Å²) in [5, 5.41) is 8.94. The van der Waals surface area contributed by atoms with Crippen LogP contribution in [0, 0.1) is 0 Å². The molecule has 0 bridgehead atoms. The van der Waals surface area contributed by atoms with Gasteiger partial charge in [0.1, 0.15) is 5.75 Å². The summed E-state index contributed by atoms with van der Waals surface area (Å²) in [5.74, 6) is 0.604. The first-order valence-electron chi connectivity index (χ1n) is 6.97. The minimum Gasteiger partial charge on any atom is -0.496 e. The number of methoxy groups -OCH3 is 1. The number of benzene rings is 1. The van der Waals surface area contributed by atoms with E-state index >= 15 is 0 Å². The molecule has 5 nitrogen and oxygen atoms in total. The molecule has 0 radical (unpaired) electrons. The van der Waals surface area contributed by atoms with Crippen LogP contribution in [0.2, 0.25) is 0 Å². The van der Waals surface area contributed by atoms with Crippen LogP contribution >= 0.6 is 15.9 Å². The molecule has 1 aliphatic rings. The summed E-state index contributed by atoms with van der Waals surface area (Å²) in [4.78, 5) is 0.270. The molecular weight excluding hydrogens is 358 g/mol. The van der Waals surface area contributed by atoms with Gasteiger partial charge >= 0.3 is 0 Å². The fourth-order valence-corrected chi connectivity index (χ4v) is 5.13. The highest BCUT2D eigenvalue weighted by atomic mass is 79.9. The van der Waals surface area contributed by atoms with Gasteiger partial charge in [-0.3, -0.25) is 0 Å². The predicted molar refractivity (Wildman–Crippen MR) is 83.9 cm³/mol. The number of hydrogen-bond donors (Lipinski definition) is 1. The Morgan fingerprint density at radius 2 is 2.24 bits per heavy atom. The molecule has 1 aromatic carbocycles. The number of rotatable bonds is 6. The molecule has 0 aromatic heterocycles. The first kappa shape index (κ1) is 16.7. The first-order valence-corrected chi connectivity index (χ1v) is 9.20. The van der Waals surface area contributed by atoms with Crippen LogP contribution in [0.1, 0.15) is 25.7 Å². The predicted octanol–water partition coefficient (Wildman–Crippen LogP) is 2.38. The van der Waals surface area contributed by atoms with Crippen molar-refractivity contribution in [2.45, 2.75) is 36.6 Å². The molecule has 1 aromatic rings. The first-order chi connectivity index (χ1) is 10.0. The van der Waals surface area contributed by atoms with E-state index in [1.807, 2.05) is 0 Å². The van der Waals surface area contributed by atoms with Crippen LogP contribution in [0.4, 0.5) is 0 Å². The van der Waals surface area contributed by atoms with E-state index in [-0.39, 0.29) is 17.5 Å². The molecule has 1 unspecified atom stereocenters. The number of aliphatic hydroxyl groups is 1. The minimum absolute atomic E-state index is 0.0111. The van der Waals surface area contributed by atoms with Crippen molar-refractivity contribution in [2.24, 2.45) is 0 Å². The molecule has 7 heteroatoms. The molecule has 0 spiro atoms. The highest BCUT2D eigenvalue weighted by Gasteiger charge is 2.35. The third-order valence-corrected chi connectivity index (χ3v) is 6.32. The lowest BCUT2D eigenvalue weighted by molar-refractivity contribution is 0.264. The van der Waals surface area contributed by atoms with Crippen molar-refractivity contribution in [3.05, 3.63) is 22.7 Å². The van der Waals surface area contributed by atoms with Gasteiger partial charge in [0.2, 0.25) is 10.0 Å². The van der Waals surface area contributed by atoms with Crippen molar-refractivity contribution in [3.8, 4) is 5.75 Å². The van der Waals surface area contributed by atoms with Gasteiger partial charge in [-0.1, -0.05) is 0 Å². The molecule has 1 N–H and O–H groups in total. The number of aliphatic hydroxyl groups excluding tert-OH is 1. The van der Waals surface area contributed by atoms with Crippen molar-refractivity contribution < 1.29 is 18.3 Å². The van der Waals surface area contributed by atoms with E-state index in [4.69, 9.17) is 9.84 Å². The molecular formula is C14H20BrNO4S. The SMILES string of the molecule is COc1ccc(S(=O)(=O)N2CCCC2CCCO)cc1Br. The smallest absolute Gasteiger partial charge is 0.243 e. The van der Waals surface area contributed by atoms with Crippen LogP contribution in [0.5, 0.6) is 5.75 Å². The number of halogens is 1. The largest absolute Gasteiger partial charge is 0.496 e. The van der Waals surface area contributed by atoms with Gasteiger partial charge in [0.05, 0.1) is 16.5 Å². The van der Waals surface area contributed by atoms with E-state index in [1.165, 1.54) is 0 Å². The van der Waals surface area contributed by atoms with Crippen LogP contribution in [-0.4, -0.2) is 44.1 Å². The average Bonchev–Trinajstić information content (AvgIpc) is 2.94. The van der Waals surface area contributed by atoms with E-state index in [2.05, 4.69) is 15.9 Å².